The van der Waals surface area contributed by atoms with E-state index < -0.39 is 0 Å². The fraction of sp³-hybridized carbons (Fsp3) is 0.538. The van der Waals surface area contributed by atoms with Crippen LogP contribution >= 0.6 is 15.9 Å². The van der Waals surface area contributed by atoms with Crippen molar-refractivity contribution in [1.82, 2.24) is 0 Å². The molecule has 0 fully saturated rings. The standard InChI is InChI=1S/C13H20BrNO3/c1-17-7-5-15(6-8-18-2)13-4-3-11(10-16)9-12(13)14/h3-4,9,16H,5-8,10H2,1-2H3. The molecular weight excluding hydrogens is 298 g/mol. The first-order valence-corrected chi connectivity index (χ1v) is 6.64. The normalized spacial score (nSPS) is 10.7. The molecule has 1 aromatic rings. The van der Waals surface area contributed by atoms with Crippen LogP contribution in [0.1, 0.15) is 5.56 Å². The Balaban J connectivity index is 2.82. The second-order valence-electron chi connectivity index (χ2n) is 3.92. The first-order valence-electron chi connectivity index (χ1n) is 5.85. The number of hydrogen-bond donors (Lipinski definition) is 1. The van der Waals surface area contributed by atoms with Gasteiger partial charge in [-0.25, -0.2) is 0 Å². The van der Waals surface area contributed by atoms with Crippen LogP contribution in [0.3, 0.4) is 0 Å². The van der Waals surface area contributed by atoms with Crippen molar-refractivity contribution in [2.24, 2.45) is 0 Å². The summed E-state index contributed by atoms with van der Waals surface area (Å²) in [5, 5.41) is 9.10. The maximum atomic E-state index is 9.10. The number of anilines is 1. The van der Waals surface area contributed by atoms with E-state index in [9.17, 15) is 0 Å². The van der Waals surface area contributed by atoms with Gasteiger partial charge >= 0.3 is 0 Å². The zero-order valence-corrected chi connectivity index (χ0v) is 12.4. The highest BCUT2D eigenvalue weighted by atomic mass is 79.9. The van der Waals surface area contributed by atoms with Gasteiger partial charge in [0.05, 0.1) is 25.5 Å². The lowest BCUT2D eigenvalue weighted by atomic mass is 10.2. The summed E-state index contributed by atoms with van der Waals surface area (Å²) in [7, 11) is 3.39. The van der Waals surface area contributed by atoms with Gasteiger partial charge in [0, 0.05) is 31.8 Å². The van der Waals surface area contributed by atoms with E-state index in [0.717, 1.165) is 28.8 Å². The third-order valence-corrected chi connectivity index (χ3v) is 3.30. The van der Waals surface area contributed by atoms with E-state index in [4.69, 9.17) is 14.6 Å². The summed E-state index contributed by atoms with van der Waals surface area (Å²) in [5.74, 6) is 0. The van der Waals surface area contributed by atoms with Crippen molar-refractivity contribution in [1.29, 1.82) is 0 Å². The van der Waals surface area contributed by atoms with Crippen LogP contribution in [0.25, 0.3) is 0 Å². The van der Waals surface area contributed by atoms with E-state index in [2.05, 4.69) is 20.8 Å². The van der Waals surface area contributed by atoms with E-state index in [-0.39, 0.29) is 6.61 Å². The van der Waals surface area contributed by atoms with Crippen LogP contribution in [0.2, 0.25) is 0 Å². The van der Waals surface area contributed by atoms with Gasteiger partial charge in [-0.3, -0.25) is 0 Å². The molecule has 0 heterocycles. The molecule has 0 aliphatic rings. The molecular formula is C13H20BrNO3. The molecule has 0 atom stereocenters. The maximum absolute atomic E-state index is 9.10. The van der Waals surface area contributed by atoms with Crippen LogP contribution in [0.5, 0.6) is 0 Å². The first kappa shape index (κ1) is 15.4. The Bertz CT molecular complexity index is 352. The molecule has 1 aromatic carbocycles. The molecule has 0 radical (unpaired) electrons. The average molecular weight is 318 g/mol. The van der Waals surface area contributed by atoms with Gasteiger partial charge in [-0.15, -0.1) is 0 Å². The third-order valence-electron chi connectivity index (χ3n) is 2.67. The number of hydrogen-bond acceptors (Lipinski definition) is 4. The second-order valence-corrected chi connectivity index (χ2v) is 4.77. The van der Waals surface area contributed by atoms with Crippen molar-refractivity contribution in [3.63, 3.8) is 0 Å². The molecule has 0 bridgehead atoms. The monoisotopic (exact) mass is 317 g/mol. The van der Waals surface area contributed by atoms with Crippen LogP contribution in [0.4, 0.5) is 5.69 Å². The molecule has 0 unspecified atom stereocenters. The predicted molar refractivity (Wildman–Crippen MR) is 76.0 cm³/mol. The van der Waals surface area contributed by atoms with Gasteiger partial charge in [-0.1, -0.05) is 6.07 Å². The average Bonchev–Trinajstić information content (AvgIpc) is 2.39. The van der Waals surface area contributed by atoms with Crippen LogP contribution in [0.15, 0.2) is 22.7 Å². The fourth-order valence-electron chi connectivity index (χ4n) is 1.66. The summed E-state index contributed by atoms with van der Waals surface area (Å²) in [6, 6.07) is 5.86. The lowest BCUT2D eigenvalue weighted by Crippen LogP contribution is -2.30. The summed E-state index contributed by atoms with van der Waals surface area (Å²) in [6.07, 6.45) is 0. The molecule has 0 amide bonds. The van der Waals surface area contributed by atoms with E-state index in [1.165, 1.54) is 0 Å². The highest BCUT2D eigenvalue weighted by molar-refractivity contribution is 9.10. The smallest absolute Gasteiger partial charge is 0.0682 e. The summed E-state index contributed by atoms with van der Waals surface area (Å²) in [6.45, 7) is 2.98. The Kier molecular flexibility index (Phi) is 7.27. The van der Waals surface area contributed by atoms with Crippen LogP contribution in [0, 0.1) is 0 Å². The first-order chi connectivity index (χ1) is 8.72. The van der Waals surface area contributed by atoms with Crippen molar-refractivity contribution in [2.75, 3.05) is 45.4 Å². The summed E-state index contributed by atoms with van der Waals surface area (Å²) < 4.78 is 11.2. The minimum atomic E-state index is 0.0506. The Labute approximate surface area is 117 Å². The lowest BCUT2D eigenvalue weighted by molar-refractivity contribution is 0.190. The Hall–Kier alpha value is -0.620. The minimum absolute atomic E-state index is 0.0506. The predicted octanol–water partition coefficient (Wildman–Crippen LogP) is 2.04. The highest BCUT2D eigenvalue weighted by Crippen LogP contribution is 2.27. The molecule has 4 nitrogen and oxygen atoms in total. The summed E-state index contributed by atoms with van der Waals surface area (Å²) >= 11 is 3.54. The molecule has 0 spiro atoms. The molecule has 0 saturated carbocycles. The lowest BCUT2D eigenvalue weighted by Gasteiger charge is -2.25. The van der Waals surface area contributed by atoms with Crippen LogP contribution < -0.4 is 4.90 Å². The van der Waals surface area contributed by atoms with Crippen molar-refractivity contribution in [3.05, 3.63) is 28.2 Å². The largest absolute Gasteiger partial charge is 0.392 e. The quantitative estimate of drug-likeness (QED) is 0.796. The van der Waals surface area contributed by atoms with Crippen molar-refractivity contribution < 1.29 is 14.6 Å². The van der Waals surface area contributed by atoms with Crippen molar-refractivity contribution >= 4 is 21.6 Å². The zero-order chi connectivity index (χ0) is 13.4. The van der Waals surface area contributed by atoms with Gasteiger partial charge in [0.2, 0.25) is 0 Å². The summed E-state index contributed by atoms with van der Waals surface area (Å²) in [4.78, 5) is 2.19. The number of ether oxygens (including phenoxy) is 2. The van der Waals surface area contributed by atoms with Crippen molar-refractivity contribution in [3.8, 4) is 0 Å². The number of aliphatic hydroxyl groups is 1. The highest BCUT2D eigenvalue weighted by Gasteiger charge is 2.10. The molecule has 1 rings (SSSR count). The molecule has 1 N–H and O–H groups in total. The van der Waals surface area contributed by atoms with Gasteiger partial charge in [0.15, 0.2) is 0 Å². The number of methoxy groups -OCH3 is 2. The van der Waals surface area contributed by atoms with Crippen LogP contribution in [-0.2, 0) is 16.1 Å². The molecule has 0 aromatic heterocycles. The molecule has 102 valence electrons. The van der Waals surface area contributed by atoms with Crippen LogP contribution in [-0.4, -0.2) is 45.6 Å². The van der Waals surface area contributed by atoms with E-state index in [0.29, 0.717) is 13.2 Å². The number of aliphatic hydroxyl groups excluding tert-OH is 1. The molecule has 0 saturated heterocycles. The van der Waals surface area contributed by atoms with E-state index >= 15 is 0 Å². The third kappa shape index (κ3) is 4.57. The van der Waals surface area contributed by atoms with Gasteiger partial charge in [-0.05, 0) is 33.6 Å². The minimum Gasteiger partial charge on any atom is -0.392 e. The van der Waals surface area contributed by atoms with Gasteiger partial charge in [0.25, 0.3) is 0 Å². The SMILES string of the molecule is COCCN(CCOC)c1ccc(CO)cc1Br. The van der Waals surface area contributed by atoms with Gasteiger partial charge in [0.1, 0.15) is 0 Å². The molecule has 18 heavy (non-hydrogen) atoms. The fourth-order valence-corrected chi connectivity index (χ4v) is 2.34. The molecule has 0 aliphatic heterocycles. The van der Waals surface area contributed by atoms with Crippen molar-refractivity contribution in [2.45, 2.75) is 6.61 Å². The number of nitrogens with zero attached hydrogens (tertiary/aromatic N) is 1. The zero-order valence-electron chi connectivity index (χ0n) is 10.9. The number of halogens is 1. The topological polar surface area (TPSA) is 41.9 Å². The van der Waals surface area contributed by atoms with Gasteiger partial charge < -0.3 is 19.5 Å². The molecule has 5 heteroatoms. The van der Waals surface area contributed by atoms with E-state index in [1.807, 2.05) is 18.2 Å². The number of benzene rings is 1. The summed E-state index contributed by atoms with van der Waals surface area (Å²) in [5.41, 5.74) is 1.98. The van der Waals surface area contributed by atoms with Gasteiger partial charge in [-0.2, -0.15) is 0 Å². The second kappa shape index (κ2) is 8.48. The van der Waals surface area contributed by atoms with E-state index in [1.54, 1.807) is 14.2 Å². The Morgan fingerprint density at radius 1 is 1.17 bits per heavy atom. The molecule has 0 aliphatic carbocycles. The Morgan fingerprint density at radius 2 is 1.78 bits per heavy atom. The Morgan fingerprint density at radius 3 is 2.22 bits per heavy atom. The maximum Gasteiger partial charge on any atom is 0.0682 e. The number of rotatable bonds is 8.